The SMILES string of the molecule is CC1CN(S(=O)(=O)c2ccc(C(=O)Nc3ccc(N4CCCC4)c(S(=O)(=O)Nc4ccccc4Cl)c3)cc2)CC(C)O1. The Morgan fingerprint density at radius 2 is 1.55 bits per heavy atom. The van der Waals surface area contributed by atoms with Crippen molar-refractivity contribution in [1.82, 2.24) is 4.31 Å². The van der Waals surface area contributed by atoms with E-state index in [-0.39, 0.29) is 57.0 Å². The number of ether oxygens (including phenoxy) is 1. The van der Waals surface area contributed by atoms with Crippen LogP contribution in [-0.4, -0.2) is 65.4 Å². The third kappa shape index (κ3) is 6.57. The van der Waals surface area contributed by atoms with E-state index in [1.807, 2.05) is 18.7 Å². The van der Waals surface area contributed by atoms with Gasteiger partial charge in [-0.2, -0.15) is 4.31 Å². The summed E-state index contributed by atoms with van der Waals surface area (Å²) in [5, 5.41) is 3.01. The van der Waals surface area contributed by atoms with E-state index in [4.69, 9.17) is 16.3 Å². The first-order valence-electron chi connectivity index (χ1n) is 13.7. The Hall–Kier alpha value is -3.16. The Balaban J connectivity index is 1.38. The average molecular weight is 633 g/mol. The number of carbonyl (C=O) groups excluding carboxylic acids is 1. The van der Waals surface area contributed by atoms with E-state index >= 15 is 0 Å². The Kier molecular flexibility index (Phi) is 8.81. The maximum absolute atomic E-state index is 13.6. The van der Waals surface area contributed by atoms with E-state index in [0.29, 0.717) is 5.69 Å². The van der Waals surface area contributed by atoms with Crippen LogP contribution < -0.4 is 14.9 Å². The quantitative estimate of drug-likeness (QED) is 0.366. The third-order valence-corrected chi connectivity index (χ3v) is 10.8. The summed E-state index contributed by atoms with van der Waals surface area (Å²) in [6, 6.07) is 17.0. The summed E-state index contributed by atoms with van der Waals surface area (Å²) in [6.07, 6.45) is 1.45. The number of nitrogens with zero attached hydrogens (tertiary/aromatic N) is 2. The molecule has 3 aromatic carbocycles. The molecule has 3 aromatic rings. The lowest BCUT2D eigenvalue weighted by atomic mass is 10.2. The van der Waals surface area contributed by atoms with Gasteiger partial charge in [0.2, 0.25) is 10.0 Å². The fourth-order valence-electron chi connectivity index (χ4n) is 5.23. The Bertz CT molecular complexity index is 1670. The molecule has 2 aliphatic heterocycles. The molecule has 10 nitrogen and oxygen atoms in total. The molecule has 224 valence electrons. The summed E-state index contributed by atoms with van der Waals surface area (Å²) >= 11 is 6.21. The zero-order chi connectivity index (χ0) is 30.1. The lowest BCUT2D eigenvalue weighted by Crippen LogP contribution is -2.48. The number of anilines is 3. The maximum Gasteiger partial charge on any atom is 0.264 e. The van der Waals surface area contributed by atoms with E-state index in [1.165, 1.54) is 34.6 Å². The van der Waals surface area contributed by atoms with Crippen LogP contribution >= 0.6 is 11.6 Å². The monoisotopic (exact) mass is 632 g/mol. The van der Waals surface area contributed by atoms with Gasteiger partial charge >= 0.3 is 0 Å². The molecule has 42 heavy (non-hydrogen) atoms. The Morgan fingerprint density at radius 3 is 2.19 bits per heavy atom. The number of rotatable bonds is 8. The molecule has 0 aromatic heterocycles. The number of sulfonamides is 2. The van der Waals surface area contributed by atoms with Crippen LogP contribution in [0.15, 0.2) is 76.5 Å². The molecule has 0 spiro atoms. The minimum absolute atomic E-state index is 0.0116. The van der Waals surface area contributed by atoms with Crippen LogP contribution in [0.2, 0.25) is 5.02 Å². The molecule has 0 radical (unpaired) electrons. The van der Waals surface area contributed by atoms with Gasteiger partial charge in [-0.3, -0.25) is 9.52 Å². The summed E-state index contributed by atoms with van der Waals surface area (Å²) in [5.41, 5.74) is 1.28. The lowest BCUT2D eigenvalue weighted by molar-refractivity contribution is -0.0440. The van der Waals surface area contributed by atoms with E-state index < -0.39 is 26.0 Å². The van der Waals surface area contributed by atoms with Crippen LogP contribution in [-0.2, 0) is 24.8 Å². The summed E-state index contributed by atoms with van der Waals surface area (Å²) in [6.45, 7) is 5.59. The first kappa shape index (κ1) is 30.3. The molecule has 2 saturated heterocycles. The standard InChI is InChI=1S/C29H33ClN4O6S2/c1-20-18-34(19-21(2)40-20)42(38,39)24-12-9-22(10-13-24)29(35)31-23-11-14-27(33-15-5-6-16-33)28(17-23)41(36,37)32-26-8-4-3-7-25(26)30/h3-4,7-14,17,20-21,32H,5-6,15-16,18-19H2,1-2H3,(H,31,35). The second-order valence-electron chi connectivity index (χ2n) is 10.5. The van der Waals surface area contributed by atoms with E-state index in [0.717, 1.165) is 25.9 Å². The van der Waals surface area contributed by atoms with E-state index in [9.17, 15) is 21.6 Å². The third-order valence-electron chi connectivity index (χ3n) is 7.21. The highest BCUT2D eigenvalue weighted by molar-refractivity contribution is 7.93. The van der Waals surface area contributed by atoms with Crippen LogP contribution in [0.25, 0.3) is 0 Å². The van der Waals surface area contributed by atoms with Crippen LogP contribution in [0.1, 0.15) is 37.0 Å². The van der Waals surface area contributed by atoms with Gasteiger partial charge in [-0.1, -0.05) is 23.7 Å². The molecular weight excluding hydrogens is 600 g/mol. The minimum atomic E-state index is -4.08. The number of nitrogens with one attached hydrogen (secondary N) is 2. The van der Waals surface area contributed by atoms with Gasteiger partial charge in [-0.25, -0.2) is 16.8 Å². The number of amides is 1. The predicted octanol–water partition coefficient (Wildman–Crippen LogP) is 4.79. The van der Waals surface area contributed by atoms with E-state index in [2.05, 4.69) is 10.0 Å². The highest BCUT2D eigenvalue weighted by Crippen LogP contribution is 2.33. The van der Waals surface area contributed by atoms with Gasteiger partial charge < -0.3 is 15.0 Å². The summed E-state index contributed by atoms with van der Waals surface area (Å²) in [5.74, 6) is -0.510. The average Bonchev–Trinajstić information content (AvgIpc) is 3.49. The highest BCUT2D eigenvalue weighted by atomic mass is 35.5. The van der Waals surface area contributed by atoms with Gasteiger partial charge in [0.05, 0.1) is 33.5 Å². The highest BCUT2D eigenvalue weighted by Gasteiger charge is 2.32. The molecule has 0 saturated carbocycles. The first-order valence-corrected chi connectivity index (χ1v) is 17.0. The van der Waals surface area contributed by atoms with Crippen molar-refractivity contribution in [2.45, 2.75) is 48.7 Å². The number of morpholine rings is 1. The first-order chi connectivity index (χ1) is 19.9. The zero-order valence-electron chi connectivity index (χ0n) is 23.3. The van der Waals surface area contributed by atoms with Crippen LogP contribution in [0, 0.1) is 0 Å². The zero-order valence-corrected chi connectivity index (χ0v) is 25.7. The van der Waals surface area contributed by atoms with Crippen molar-refractivity contribution in [3.63, 3.8) is 0 Å². The number of carbonyl (C=O) groups is 1. The molecule has 2 fully saturated rings. The minimum Gasteiger partial charge on any atom is -0.373 e. The molecule has 13 heteroatoms. The second kappa shape index (κ2) is 12.2. The number of para-hydroxylation sites is 1. The molecule has 2 N–H and O–H groups in total. The van der Waals surface area contributed by atoms with Crippen LogP contribution in [0.5, 0.6) is 0 Å². The maximum atomic E-state index is 13.6. The molecule has 2 atom stereocenters. The number of benzene rings is 3. The van der Waals surface area contributed by atoms with Gasteiger partial charge in [-0.15, -0.1) is 0 Å². The van der Waals surface area contributed by atoms with Gasteiger partial charge in [0.25, 0.3) is 15.9 Å². The van der Waals surface area contributed by atoms with Crippen molar-refractivity contribution in [2.24, 2.45) is 0 Å². The van der Waals surface area contributed by atoms with Crippen LogP contribution in [0.3, 0.4) is 0 Å². The van der Waals surface area contributed by atoms with Crippen molar-refractivity contribution < 1.29 is 26.4 Å². The molecular formula is C29H33ClN4O6S2. The Labute approximate surface area is 251 Å². The number of hydrogen-bond acceptors (Lipinski definition) is 7. The fraction of sp³-hybridized carbons (Fsp3) is 0.345. The molecule has 1 amide bonds. The van der Waals surface area contributed by atoms with Crippen molar-refractivity contribution >= 4 is 54.6 Å². The predicted molar refractivity (Wildman–Crippen MR) is 163 cm³/mol. The molecule has 2 heterocycles. The van der Waals surface area contributed by atoms with Crippen molar-refractivity contribution in [3.8, 4) is 0 Å². The second-order valence-corrected chi connectivity index (χ2v) is 14.5. The Morgan fingerprint density at radius 1 is 0.905 bits per heavy atom. The van der Waals surface area contributed by atoms with E-state index in [1.54, 1.807) is 36.4 Å². The van der Waals surface area contributed by atoms with Gasteiger partial charge in [-0.05, 0) is 81.3 Å². The molecule has 0 aliphatic carbocycles. The number of halogens is 1. The van der Waals surface area contributed by atoms with Crippen molar-refractivity contribution in [2.75, 3.05) is 41.1 Å². The fourth-order valence-corrected chi connectivity index (χ4v) is 8.39. The van der Waals surface area contributed by atoms with Gasteiger partial charge in [0.1, 0.15) is 4.90 Å². The van der Waals surface area contributed by atoms with Gasteiger partial charge in [0, 0.05) is 37.4 Å². The topological polar surface area (TPSA) is 125 Å². The number of hydrogen-bond donors (Lipinski definition) is 2. The van der Waals surface area contributed by atoms with Crippen molar-refractivity contribution in [1.29, 1.82) is 0 Å². The summed E-state index contributed by atoms with van der Waals surface area (Å²) in [7, 11) is -7.83. The molecule has 2 aliphatic rings. The van der Waals surface area contributed by atoms with Crippen LogP contribution in [0.4, 0.5) is 17.1 Å². The molecule has 5 rings (SSSR count). The normalized spacial score (nSPS) is 19.9. The lowest BCUT2D eigenvalue weighted by Gasteiger charge is -2.34. The molecule has 0 bridgehead atoms. The summed E-state index contributed by atoms with van der Waals surface area (Å²) < 4.78 is 63.1. The smallest absolute Gasteiger partial charge is 0.264 e. The van der Waals surface area contributed by atoms with Gasteiger partial charge in [0.15, 0.2) is 0 Å². The largest absolute Gasteiger partial charge is 0.373 e. The van der Waals surface area contributed by atoms with Crippen molar-refractivity contribution in [3.05, 3.63) is 77.3 Å². The summed E-state index contributed by atoms with van der Waals surface area (Å²) in [4.78, 5) is 15.2. The molecule has 2 unspecified atom stereocenters.